The molecular weight excluding hydrogens is 463 g/mol. The molecule has 0 bridgehead atoms. The summed E-state index contributed by atoms with van der Waals surface area (Å²) >= 11 is 0. The molecule has 1 saturated heterocycles. The zero-order valence-electron chi connectivity index (χ0n) is 19.1. The van der Waals surface area contributed by atoms with Gasteiger partial charge in [-0.2, -0.15) is 13.2 Å². The van der Waals surface area contributed by atoms with Crippen LogP contribution < -0.4 is 20.5 Å². The number of nitrogen functional groups attached to an aromatic ring is 1. The van der Waals surface area contributed by atoms with Crippen LogP contribution in [0.25, 0.3) is 16.6 Å². The van der Waals surface area contributed by atoms with Crippen LogP contribution in [0.4, 0.5) is 24.7 Å². The smallest absolute Gasteiger partial charge is 0.416 e. The topological polar surface area (TPSA) is 95.9 Å². The molecule has 0 saturated carbocycles. The summed E-state index contributed by atoms with van der Waals surface area (Å²) in [6.07, 6.45) is -0.604. The lowest BCUT2D eigenvalue weighted by molar-refractivity contribution is -0.137. The summed E-state index contributed by atoms with van der Waals surface area (Å²) in [5, 5.41) is 3.94. The lowest BCUT2D eigenvalue weighted by Crippen LogP contribution is -2.16. The molecule has 35 heavy (non-hydrogen) atoms. The molecule has 0 spiro atoms. The normalized spacial score (nSPS) is 17.1. The number of alkyl halides is 3. The molecule has 3 N–H and O–H groups in total. The van der Waals surface area contributed by atoms with Crippen LogP contribution in [0.15, 0.2) is 42.9 Å². The molecule has 11 heteroatoms. The summed E-state index contributed by atoms with van der Waals surface area (Å²) in [7, 11) is 1.56. The number of methoxy groups -OCH3 is 1. The zero-order chi connectivity index (χ0) is 24.7. The van der Waals surface area contributed by atoms with Crippen LogP contribution in [0.2, 0.25) is 0 Å². The monoisotopic (exact) mass is 487 g/mol. The van der Waals surface area contributed by atoms with Crippen LogP contribution >= 0.6 is 0 Å². The third kappa shape index (κ3) is 4.51. The van der Waals surface area contributed by atoms with Crippen molar-refractivity contribution in [1.29, 1.82) is 0 Å². The number of halogens is 3. The summed E-state index contributed by atoms with van der Waals surface area (Å²) in [6.45, 7) is 2.86. The first-order valence-corrected chi connectivity index (χ1v) is 11.1. The molecule has 2 aromatic heterocycles. The van der Waals surface area contributed by atoms with Gasteiger partial charge in [-0.1, -0.05) is 0 Å². The Morgan fingerprint density at radius 3 is 2.74 bits per heavy atom. The van der Waals surface area contributed by atoms with Crippen molar-refractivity contribution in [3.05, 3.63) is 54.0 Å². The van der Waals surface area contributed by atoms with E-state index in [0.717, 1.165) is 24.1 Å². The molecule has 4 aromatic rings. The quantitative estimate of drug-likeness (QED) is 0.376. The molecule has 0 aliphatic carbocycles. The Morgan fingerprint density at radius 2 is 2.03 bits per heavy atom. The predicted molar refractivity (Wildman–Crippen MR) is 125 cm³/mol. The van der Waals surface area contributed by atoms with Crippen molar-refractivity contribution in [3.8, 4) is 11.5 Å². The Labute approximate surface area is 198 Å². The third-order valence-corrected chi connectivity index (χ3v) is 5.98. The van der Waals surface area contributed by atoms with E-state index in [4.69, 9.17) is 19.9 Å². The maximum atomic E-state index is 13.3. The predicted octanol–water partition coefficient (Wildman–Crippen LogP) is 4.83. The van der Waals surface area contributed by atoms with Gasteiger partial charge in [0.2, 0.25) is 0 Å². The second kappa shape index (κ2) is 8.81. The zero-order valence-corrected chi connectivity index (χ0v) is 19.1. The van der Waals surface area contributed by atoms with Gasteiger partial charge in [-0.25, -0.2) is 9.97 Å². The Kier molecular flexibility index (Phi) is 5.79. The van der Waals surface area contributed by atoms with Crippen molar-refractivity contribution < 1.29 is 27.4 Å². The number of nitrogens with two attached hydrogens (primary N) is 1. The van der Waals surface area contributed by atoms with Crippen molar-refractivity contribution in [2.45, 2.75) is 31.7 Å². The van der Waals surface area contributed by atoms with Crippen molar-refractivity contribution in [3.63, 3.8) is 0 Å². The molecule has 1 aliphatic heterocycles. The van der Waals surface area contributed by atoms with E-state index in [9.17, 15) is 13.2 Å². The minimum Gasteiger partial charge on any atom is -0.493 e. The Balaban J connectivity index is 1.59. The number of aromatic nitrogens is 3. The van der Waals surface area contributed by atoms with Crippen LogP contribution in [-0.2, 0) is 10.9 Å². The highest BCUT2D eigenvalue weighted by Gasteiger charge is 2.31. The average Bonchev–Trinajstić information content (AvgIpc) is 3.50. The van der Waals surface area contributed by atoms with Gasteiger partial charge in [-0.05, 0) is 36.8 Å². The fourth-order valence-corrected chi connectivity index (χ4v) is 4.20. The number of hydrogen-bond donors (Lipinski definition) is 2. The third-order valence-electron chi connectivity index (χ3n) is 5.98. The Morgan fingerprint density at radius 1 is 1.20 bits per heavy atom. The maximum absolute atomic E-state index is 13.3. The lowest BCUT2D eigenvalue weighted by Gasteiger charge is -2.21. The van der Waals surface area contributed by atoms with Crippen LogP contribution in [0.1, 0.15) is 30.5 Å². The Bertz CT molecular complexity index is 1380. The maximum Gasteiger partial charge on any atom is 0.416 e. The molecule has 0 unspecified atom stereocenters. The van der Waals surface area contributed by atoms with Crippen molar-refractivity contribution in [1.82, 2.24) is 14.4 Å². The number of anilines is 2. The summed E-state index contributed by atoms with van der Waals surface area (Å²) in [6, 6.07) is 6.64. The van der Waals surface area contributed by atoms with E-state index in [2.05, 4.69) is 15.3 Å². The van der Waals surface area contributed by atoms with Gasteiger partial charge >= 0.3 is 6.18 Å². The van der Waals surface area contributed by atoms with Gasteiger partial charge < -0.3 is 25.3 Å². The highest BCUT2D eigenvalue weighted by atomic mass is 19.4. The number of benzene rings is 2. The largest absolute Gasteiger partial charge is 0.493 e. The number of fused-ring (bicyclic) bond motifs is 3. The van der Waals surface area contributed by atoms with E-state index in [-0.39, 0.29) is 11.8 Å². The molecule has 1 fully saturated rings. The van der Waals surface area contributed by atoms with Gasteiger partial charge in [0.15, 0.2) is 17.1 Å². The summed E-state index contributed by atoms with van der Waals surface area (Å²) in [4.78, 5) is 8.85. The molecule has 3 heterocycles. The van der Waals surface area contributed by atoms with Crippen molar-refractivity contribution >= 4 is 28.1 Å². The number of imidazole rings is 1. The first kappa shape index (κ1) is 23.0. The fourth-order valence-electron chi connectivity index (χ4n) is 4.20. The molecule has 2 aromatic carbocycles. The molecular formula is C24H24F3N5O3. The highest BCUT2D eigenvalue weighted by molar-refractivity contribution is 5.94. The van der Waals surface area contributed by atoms with E-state index < -0.39 is 17.8 Å². The first-order chi connectivity index (χ1) is 16.7. The van der Waals surface area contributed by atoms with Crippen molar-refractivity contribution in [2.75, 3.05) is 31.4 Å². The molecule has 0 radical (unpaired) electrons. The van der Waals surface area contributed by atoms with E-state index >= 15 is 0 Å². The minimum atomic E-state index is -4.50. The number of hydrogen-bond acceptors (Lipinski definition) is 7. The summed E-state index contributed by atoms with van der Waals surface area (Å²) in [5.74, 6) is 1.53. The second-order valence-electron chi connectivity index (χ2n) is 8.46. The molecule has 8 nitrogen and oxygen atoms in total. The van der Waals surface area contributed by atoms with Gasteiger partial charge in [0.05, 0.1) is 43.6 Å². The van der Waals surface area contributed by atoms with Gasteiger partial charge in [-0.3, -0.25) is 4.40 Å². The Hall–Kier alpha value is -3.73. The summed E-state index contributed by atoms with van der Waals surface area (Å²) in [5.41, 5.74) is 6.70. The highest BCUT2D eigenvalue weighted by Crippen LogP contribution is 2.38. The van der Waals surface area contributed by atoms with Gasteiger partial charge in [0.1, 0.15) is 18.2 Å². The molecule has 184 valence electrons. The van der Waals surface area contributed by atoms with Crippen LogP contribution in [0, 0.1) is 0 Å². The van der Waals surface area contributed by atoms with Gasteiger partial charge in [-0.15, -0.1) is 0 Å². The van der Waals surface area contributed by atoms with Crippen LogP contribution in [-0.4, -0.2) is 40.8 Å². The minimum absolute atomic E-state index is 0.0340. The molecule has 5 rings (SSSR count). The van der Waals surface area contributed by atoms with Gasteiger partial charge in [0, 0.05) is 23.6 Å². The van der Waals surface area contributed by atoms with Crippen molar-refractivity contribution in [2.24, 2.45) is 0 Å². The number of ether oxygens (including phenoxy) is 3. The summed E-state index contributed by atoms with van der Waals surface area (Å²) < 4.78 is 58.9. The number of nitrogens with one attached hydrogen (secondary N) is 1. The van der Waals surface area contributed by atoms with E-state index in [0.29, 0.717) is 47.1 Å². The second-order valence-corrected chi connectivity index (χ2v) is 8.46. The lowest BCUT2D eigenvalue weighted by atomic mass is 10.0. The number of rotatable bonds is 6. The molecule has 0 amide bonds. The van der Waals surface area contributed by atoms with E-state index in [1.165, 1.54) is 6.07 Å². The molecule has 1 aliphatic rings. The van der Waals surface area contributed by atoms with E-state index in [1.807, 2.05) is 12.1 Å². The van der Waals surface area contributed by atoms with E-state index in [1.54, 1.807) is 31.0 Å². The van der Waals surface area contributed by atoms with Gasteiger partial charge in [0.25, 0.3) is 0 Å². The first-order valence-electron chi connectivity index (χ1n) is 11.1. The standard InChI is InChI=1S/C24H24F3N5O3/c1-13(14-5-15(24(25,26)27)7-16(28)6-14)30-23-18-8-21(35-17-3-4-34-11-17)20(33-2)9-19(18)32-12-29-10-22(32)31-23/h5-10,12-13,17H,3-4,11,28H2,1-2H3,(H,30,31)/t13-,17+/m1/s1. The average molecular weight is 487 g/mol. The fraction of sp³-hybridized carbons (Fsp3) is 0.333. The molecule has 2 atom stereocenters. The number of nitrogens with zero attached hydrogens (tertiary/aromatic N) is 3. The van der Waals surface area contributed by atoms with Crippen LogP contribution in [0.5, 0.6) is 11.5 Å². The van der Waals surface area contributed by atoms with Crippen LogP contribution in [0.3, 0.4) is 0 Å². The SMILES string of the molecule is COc1cc2c(cc1O[C@H]1CCOC1)c(N[C@H](C)c1cc(N)cc(C(F)(F)F)c1)nc1cncn12.